The van der Waals surface area contributed by atoms with E-state index in [1.54, 1.807) is 6.07 Å². The second-order valence-corrected chi connectivity index (χ2v) is 4.14. The van der Waals surface area contributed by atoms with Crippen LogP contribution < -0.4 is 5.32 Å². The number of benzene rings is 1. The van der Waals surface area contributed by atoms with Crippen molar-refractivity contribution in [2.45, 2.75) is 19.4 Å². The monoisotopic (exact) mass is 257 g/mol. The number of ether oxygens (including phenoxy) is 1. The average molecular weight is 258 g/mol. The first kappa shape index (κ1) is 14.0. The van der Waals surface area contributed by atoms with Gasteiger partial charge in [0, 0.05) is 11.1 Å². The Morgan fingerprint density at radius 3 is 3.00 bits per heavy atom. The minimum Gasteiger partial charge on any atom is -0.502 e. The number of nitrogens with one attached hydrogen (secondary N) is 1. The van der Waals surface area contributed by atoms with E-state index < -0.39 is 0 Å². The lowest BCUT2D eigenvalue weighted by atomic mass is 10.1. The molecule has 94 valence electrons. The largest absolute Gasteiger partial charge is 0.502 e. The van der Waals surface area contributed by atoms with Crippen LogP contribution in [0.1, 0.15) is 24.9 Å². The molecule has 0 aliphatic heterocycles. The molecular weight excluding hydrogens is 241 g/mol. The summed E-state index contributed by atoms with van der Waals surface area (Å²) in [6, 6.07) is 4.54. The van der Waals surface area contributed by atoms with Gasteiger partial charge >= 0.3 is 0 Å². The lowest BCUT2D eigenvalue weighted by Gasteiger charge is -2.15. The van der Waals surface area contributed by atoms with Crippen molar-refractivity contribution in [2.75, 3.05) is 13.2 Å². The molecule has 0 aliphatic carbocycles. The summed E-state index contributed by atoms with van der Waals surface area (Å²) in [6.07, 6.45) is 2.31. The minimum atomic E-state index is -0.315. The Labute approximate surface area is 106 Å². The normalized spacial score (nSPS) is 12.2. The Kier molecular flexibility index (Phi) is 6.01. The number of halogens is 2. The van der Waals surface area contributed by atoms with Gasteiger partial charge in [0.2, 0.25) is 0 Å². The second-order valence-electron chi connectivity index (χ2n) is 3.73. The molecule has 0 bridgehead atoms. The van der Waals surface area contributed by atoms with Crippen molar-refractivity contribution in [3.05, 3.63) is 47.4 Å². The Bertz CT molecular complexity index is 370. The van der Waals surface area contributed by atoms with Crippen LogP contribution >= 0.6 is 11.6 Å². The SMILES string of the molecule is C=COCCCNC(C)c1ccc(F)cc1Cl. The summed E-state index contributed by atoms with van der Waals surface area (Å²) in [6.45, 7) is 6.91. The van der Waals surface area contributed by atoms with Crippen molar-refractivity contribution in [3.63, 3.8) is 0 Å². The molecule has 0 radical (unpaired) electrons. The number of hydrogen-bond donors (Lipinski definition) is 1. The Hall–Kier alpha value is -1.06. The van der Waals surface area contributed by atoms with Crippen molar-refractivity contribution in [1.82, 2.24) is 5.32 Å². The number of hydrogen-bond acceptors (Lipinski definition) is 2. The van der Waals surface area contributed by atoms with Gasteiger partial charge in [-0.1, -0.05) is 24.2 Å². The molecule has 1 aromatic rings. The third-order valence-corrected chi connectivity index (χ3v) is 2.76. The number of rotatable bonds is 7. The summed E-state index contributed by atoms with van der Waals surface area (Å²) in [5.41, 5.74) is 0.901. The molecule has 1 aromatic carbocycles. The Morgan fingerprint density at radius 2 is 2.35 bits per heavy atom. The Morgan fingerprint density at radius 1 is 1.59 bits per heavy atom. The molecule has 1 unspecified atom stereocenters. The van der Waals surface area contributed by atoms with Gasteiger partial charge in [-0.15, -0.1) is 0 Å². The molecule has 0 aromatic heterocycles. The molecule has 1 rings (SSSR count). The van der Waals surface area contributed by atoms with Crippen LogP contribution in [0.15, 0.2) is 31.0 Å². The fourth-order valence-electron chi connectivity index (χ4n) is 1.52. The first-order valence-electron chi connectivity index (χ1n) is 5.56. The molecule has 0 fully saturated rings. The highest BCUT2D eigenvalue weighted by Gasteiger charge is 2.09. The van der Waals surface area contributed by atoms with E-state index >= 15 is 0 Å². The van der Waals surface area contributed by atoms with Crippen LogP contribution in [-0.2, 0) is 4.74 Å². The van der Waals surface area contributed by atoms with Gasteiger partial charge in [-0.2, -0.15) is 0 Å². The topological polar surface area (TPSA) is 21.3 Å². The van der Waals surface area contributed by atoms with Gasteiger partial charge < -0.3 is 10.1 Å². The molecule has 0 saturated heterocycles. The van der Waals surface area contributed by atoms with Crippen LogP contribution in [0, 0.1) is 5.82 Å². The fourth-order valence-corrected chi connectivity index (χ4v) is 1.85. The van der Waals surface area contributed by atoms with Crippen molar-refractivity contribution < 1.29 is 9.13 Å². The minimum absolute atomic E-state index is 0.0897. The van der Waals surface area contributed by atoms with E-state index in [4.69, 9.17) is 16.3 Å². The van der Waals surface area contributed by atoms with E-state index in [0.29, 0.717) is 11.6 Å². The standard InChI is InChI=1S/C13H17ClFNO/c1-3-17-8-4-7-16-10(2)12-6-5-11(15)9-13(12)14/h3,5-6,9-10,16H,1,4,7-8H2,2H3. The van der Waals surface area contributed by atoms with Gasteiger partial charge in [0.05, 0.1) is 12.9 Å². The van der Waals surface area contributed by atoms with Gasteiger partial charge in [-0.25, -0.2) is 4.39 Å². The molecule has 0 saturated carbocycles. The molecule has 1 N–H and O–H groups in total. The summed E-state index contributed by atoms with van der Waals surface area (Å²) in [4.78, 5) is 0. The molecular formula is C13H17ClFNO. The molecule has 4 heteroatoms. The molecule has 17 heavy (non-hydrogen) atoms. The quantitative estimate of drug-likeness (QED) is 0.594. The van der Waals surface area contributed by atoms with E-state index in [1.165, 1.54) is 18.4 Å². The van der Waals surface area contributed by atoms with Crippen LogP contribution in [0.4, 0.5) is 4.39 Å². The maximum Gasteiger partial charge on any atom is 0.124 e. The third kappa shape index (κ3) is 4.75. The molecule has 0 aliphatic rings. The summed E-state index contributed by atoms with van der Waals surface area (Å²) < 4.78 is 17.9. The van der Waals surface area contributed by atoms with Crippen LogP contribution in [-0.4, -0.2) is 13.2 Å². The van der Waals surface area contributed by atoms with Crippen LogP contribution in [0.25, 0.3) is 0 Å². The average Bonchev–Trinajstić information content (AvgIpc) is 2.28. The zero-order valence-corrected chi connectivity index (χ0v) is 10.6. The summed E-state index contributed by atoms with van der Waals surface area (Å²) >= 11 is 5.97. The van der Waals surface area contributed by atoms with Crippen LogP contribution in [0.3, 0.4) is 0 Å². The Balaban J connectivity index is 2.41. The maximum atomic E-state index is 12.9. The smallest absolute Gasteiger partial charge is 0.124 e. The van der Waals surface area contributed by atoms with E-state index in [2.05, 4.69) is 11.9 Å². The lowest BCUT2D eigenvalue weighted by molar-refractivity contribution is 0.243. The van der Waals surface area contributed by atoms with E-state index in [1.807, 2.05) is 6.92 Å². The van der Waals surface area contributed by atoms with Crippen LogP contribution in [0.5, 0.6) is 0 Å². The molecule has 0 amide bonds. The van der Waals surface area contributed by atoms with Crippen molar-refractivity contribution >= 4 is 11.6 Å². The summed E-state index contributed by atoms with van der Waals surface area (Å²) in [5.74, 6) is -0.315. The van der Waals surface area contributed by atoms with Crippen molar-refractivity contribution in [2.24, 2.45) is 0 Å². The third-order valence-electron chi connectivity index (χ3n) is 2.44. The predicted molar refractivity (Wildman–Crippen MR) is 68.6 cm³/mol. The van der Waals surface area contributed by atoms with Gasteiger partial charge in [0.25, 0.3) is 0 Å². The van der Waals surface area contributed by atoms with Gasteiger partial charge in [-0.05, 0) is 37.6 Å². The summed E-state index contributed by atoms with van der Waals surface area (Å²) in [5, 5.41) is 3.75. The fraction of sp³-hybridized carbons (Fsp3) is 0.385. The van der Waals surface area contributed by atoms with Gasteiger partial charge in [0.1, 0.15) is 5.82 Å². The molecule has 0 heterocycles. The van der Waals surface area contributed by atoms with Gasteiger partial charge in [-0.3, -0.25) is 0 Å². The highest BCUT2D eigenvalue weighted by Crippen LogP contribution is 2.23. The van der Waals surface area contributed by atoms with E-state index in [9.17, 15) is 4.39 Å². The molecule has 2 nitrogen and oxygen atoms in total. The second kappa shape index (κ2) is 7.30. The lowest BCUT2D eigenvalue weighted by Crippen LogP contribution is -2.21. The first-order valence-corrected chi connectivity index (χ1v) is 5.93. The maximum absolute atomic E-state index is 12.9. The molecule has 1 atom stereocenters. The van der Waals surface area contributed by atoms with E-state index in [0.717, 1.165) is 18.5 Å². The van der Waals surface area contributed by atoms with Crippen LogP contribution in [0.2, 0.25) is 5.02 Å². The van der Waals surface area contributed by atoms with Gasteiger partial charge in [0.15, 0.2) is 0 Å². The van der Waals surface area contributed by atoms with E-state index in [-0.39, 0.29) is 11.9 Å². The first-order chi connectivity index (χ1) is 8.15. The molecule has 0 spiro atoms. The highest BCUT2D eigenvalue weighted by molar-refractivity contribution is 6.31. The highest BCUT2D eigenvalue weighted by atomic mass is 35.5. The predicted octanol–water partition coefficient (Wildman–Crippen LogP) is 3.68. The zero-order valence-electron chi connectivity index (χ0n) is 9.88. The zero-order chi connectivity index (χ0) is 12.7. The summed E-state index contributed by atoms with van der Waals surface area (Å²) in [7, 11) is 0. The van der Waals surface area contributed by atoms with Crippen molar-refractivity contribution in [3.8, 4) is 0 Å². The van der Waals surface area contributed by atoms with Crippen molar-refractivity contribution in [1.29, 1.82) is 0 Å².